The first-order valence-corrected chi connectivity index (χ1v) is 9.20. The van der Waals surface area contributed by atoms with Crippen LogP contribution in [0.5, 0.6) is 0 Å². The molecule has 0 spiro atoms. The van der Waals surface area contributed by atoms with Crippen molar-refractivity contribution >= 4 is 33.2 Å². The molecule has 7 heteroatoms. The molecule has 0 bridgehead atoms. The second-order valence-electron chi connectivity index (χ2n) is 4.98. The lowest BCUT2D eigenvalue weighted by atomic mass is 10.4. The van der Waals surface area contributed by atoms with Crippen LogP contribution >= 0.6 is 27.3 Å². The SMILES string of the molecule is CCNC(=NCc1ccc(Br)s1)NCCN(C)CCCOC. The number of aliphatic imine (C=N–C) groups is 1. The molecule has 0 aliphatic carbocycles. The van der Waals surface area contributed by atoms with Crippen LogP contribution < -0.4 is 10.6 Å². The van der Waals surface area contributed by atoms with Crippen LogP contribution in [0.4, 0.5) is 0 Å². The Kier molecular flexibility index (Phi) is 10.5. The highest BCUT2D eigenvalue weighted by Crippen LogP contribution is 2.22. The van der Waals surface area contributed by atoms with Crippen molar-refractivity contribution in [1.29, 1.82) is 0 Å². The van der Waals surface area contributed by atoms with E-state index in [-0.39, 0.29) is 0 Å². The van der Waals surface area contributed by atoms with Gasteiger partial charge in [0, 0.05) is 44.8 Å². The predicted molar refractivity (Wildman–Crippen MR) is 98.8 cm³/mol. The summed E-state index contributed by atoms with van der Waals surface area (Å²) in [5, 5.41) is 6.66. The second kappa shape index (κ2) is 11.9. The summed E-state index contributed by atoms with van der Waals surface area (Å²) >= 11 is 5.20. The minimum absolute atomic E-state index is 0.704. The van der Waals surface area contributed by atoms with Crippen molar-refractivity contribution in [2.24, 2.45) is 4.99 Å². The van der Waals surface area contributed by atoms with E-state index in [4.69, 9.17) is 4.74 Å². The van der Waals surface area contributed by atoms with Crippen LogP contribution in [0, 0.1) is 0 Å². The Labute approximate surface area is 146 Å². The van der Waals surface area contributed by atoms with E-state index >= 15 is 0 Å². The molecule has 0 saturated heterocycles. The summed E-state index contributed by atoms with van der Waals surface area (Å²) in [6.45, 7) is 7.38. The molecular formula is C15H27BrN4OS. The number of nitrogens with zero attached hydrogens (tertiary/aromatic N) is 2. The predicted octanol–water partition coefficient (Wildman–Crippen LogP) is 2.53. The molecule has 22 heavy (non-hydrogen) atoms. The molecular weight excluding hydrogens is 364 g/mol. The molecule has 126 valence electrons. The van der Waals surface area contributed by atoms with Crippen molar-refractivity contribution in [3.63, 3.8) is 0 Å². The van der Waals surface area contributed by atoms with Gasteiger partial charge in [0.1, 0.15) is 0 Å². The number of thiophene rings is 1. The van der Waals surface area contributed by atoms with E-state index in [0.29, 0.717) is 6.54 Å². The molecule has 2 N–H and O–H groups in total. The third-order valence-corrected chi connectivity index (χ3v) is 4.65. The third-order valence-electron chi connectivity index (χ3n) is 3.04. The number of hydrogen-bond acceptors (Lipinski definition) is 4. The summed E-state index contributed by atoms with van der Waals surface area (Å²) in [6, 6.07) is 4.16. The molecule has 1 aromatic heterocycles. The average molecular weight is 391 g/mol. The molecule has 0 atom stereocenters. The maximum absolute atomic E-state index is 5.07. The summed E-state index contributed by atoms with van der Waals surface area (Å²) in [5.74, 6) is 0.873. The van der Waals surface area contributed by atoms with Crippen LogP contribution in [0.25, 0.3) is 0 Å². The number of rotatable bonds is 10. The normalized spacial score (nSPS) is 12.0. The Morgan fingerprint density at radius 1 is 1.36 bits per heavy atom. The molecule has 0 aromatic carbocycles. The van der Waals surface area contributed by atoms with Crippen molar-refractivity contribution in [3.05, 3.63) is 20.8 Å². The molecule has 0 radical (unpaired) electrons. The quantitative estimate of drug-likeness (QED) is 0.366. The van der Waals surface area contributed by atoms with Gasteiger partial charge in [0.15, 0.2) is 5.96 Å². The summed E-state index contributed by atoms with van der Waals surface area (Å²) in [5.41, 5.74) is 0. The molecule has 0 saturated carbocycles. The summed E-state index contributed by atoms with van der Waals surface area (Å²) in [7, 11) is 3.87. The van der Waals surface area contributed by atoms with Crippen molar-refractivity contribution in [2.75, 3.05) is 46.9 Å². The lowest BCUT2D eigenvalue weighted by Gasteiger charge is -2.18. The number of hydrogen-bond donors (Lipinski definition) is 2. The zero-order chi connectivity index (χ0) is 16.2. The van der Waals surface area contributed by atoms with Gasteiger partial charge >= 0.3 is 0 Å². The van der Waals surface area contributed by atoms with Gasteiger partial charge in [-0.1, -0.05) is 0 Å². The standard InChI is InChI=1S/C15H27BrN4OS/c1-4-17-15(19-12-13-6-7-14(16)22-13)18-8-10-20(2)9-5-11-21-3/h6-7H,4-5,8-12H2,1-3H3,(H2,17,18,19). The van der Waals surface area contributed by atoms with E-state index in [9.17, 15) is 0 Å². The zero-order valence-corrected chi connectivity index (χ0v) is 16.1. The molecule has 0 unspecified atom stereocenters. The topological polar surface area (TPSA) is 48.9 Å². The van der Waals surface area contributed by atoms with Gasteiger partial charge < -0.3 is 20.3 Å². The van der Waals surface area contributed by atoms with Gasteiger partial charge in [-0.15, -0.1) is 11.3 Å². The highest BCUT2D eigenvalue weighted by molar-refractivity contribution is 9.11. The number of halogens is 1. The van der Waals surface area contributed by atoms with Crippen LogP contribution in [0.15, 0.2) is 20.9 Å². The number of likely N-dealkylation sites (N-methyl/N-ethyl adjacent to an activating group) is 1. The van der Waals surface area contributed by atoms with Gasteiger partial charge in [0.05, 0.1) is 10.3 Å². The number of methoxy groups -OCH3 is 1. The third kappa shape index (κ3) is 8.73. The fraction of sp³-hybridized carbons (Fsp3) is 0.667. The lowest BCUT2D eigenvalue weighted by Crippen LogP contribution is -2.41. The molecule has 1 rings (SSSR count). The highest BCUT2D eigenvalue weighted by Gasteiger charge is 2.01. The van der Waals surface area contributed by atoms with Crippen LogP contribution in [0.3, 0.4) is 0 Å². The van der Waals surface area contributed by atoms with Gasteiger partial charge in [-0.3, -0.25) is 0 Å². The Bertz CT molecular complexity index is 439. The van der Waals surface area contributed by atoms with E-state index in [1.54, 1.807) is 18.4 Å². The smallest absolute Gasteiger partial charge is 0.191 e. The Morgan fingerprint density at radius 3 is 2.82 bits per heavy atom. The van der Waals surface area contributed by atoms with Crippen LogP contribution in [0.1, 0.15) is 18.2 Å². The van der Waals surface area contributed by atoms with Gasteiger partial charge in [0.2, 0.25) is 0 Å². The van der Waals surface area contributed by atoms with E-state index in [1.807, 2.05) is 0 Å². The van der Waals surface area contributed by atoms with E-state index in [2.05, 4.69) is 62.6 Å². The van der Waals surface area contributed by atoms with Crippen molar-refractivity contribution < 1.29 is 4.74 Å². The van der Waals surface area contributed by atoms with Crippen molar-refractivity contribution in [2.45, 2.75) is 19.9 Å². The number of nitrogens with one attached hydrogen (secondary N) is 2. The zero-order valence-electron chi connectivity index (χ0n) is 13.7. The average Bonchev–Trinajstić information content (AvgIpc) is 2.91. The summed E-state index contributed by atoms with van der Waals surface area (Å²) < 4.78 is 6.22. The fourth-order valence-corrected chi connectivity index (χ4v) is 3.30. The first-order chi connectivity index (χ1) is 10.7. The lowest BCUT2D eigenvalue weighted by molar-refractivity contribution is 0.180. The Morgan fingerprint density at radius 2 is 2.18 bits per heavy atom. The molecule has 1 heterocycles. The maximum atomic E-state index is 5.07. The molecule has 5 nitrogen and oxygen atoms in total. The Hall–Kier alpha value is -0.630. The van der Waals surface area contributed by atoms with Crippen LogP contribution in [-0.2, 0) is 11.3 Å². The molecule has 0 fully saturated rings. The minimum atomic E-state index is 0.704. The number of guanidine groups is 1. The van der Waals surface area contributed by atoms with Gasteiger partial charge in [-0.05, 0) is 48.5 Å². The molecule has 0 aliphatic rings. The molecule has 0 aliphatic heterocycles. The van der Waals surface area contributed by atoms with Gasteiger partial charge in [-0.25, -0.2) is 4.99 Å². The first kappa shape index (κ1) is 19.4. The van der Waals surface area contributed by atoms with Gasteiger partial charge in [0.25, 0.3) is 0 Å². The highest BCUT2D eigenvalue weighted by atomic mass is 79.9. The second-order valence-corrected chi connectivity index (χ2v) is 7.52. The minimum Gasteiger partial charge on any atom is -0.385 e. The number of ether oxygens (including phenoxy) is 1. The monoisotopic (exact) mass is 390 g/mol. The van der Waals surface area contributed by atoms with E-state index in [0.717, 1.165) is 49.0 Å². The van der Waals surface area contributed by atoms with Crippen molar-refractivity contribution in [1.82, 2.24) is 15.5 Å². The molecule has 1 aromatic rings. The van der Waals surface area contributed by atoms with Crippen LogP contribution in [0.2, 0.25) is 0 Å². The summed E-state index contributed by atoms with van der Waals surface area (Å²) in [6.07, 6.45) is 1.06. The first-order valence-electron chi connectivity index (χ1n) is 7.59. The Balaban J connectivity index is 2.30. The van der Waals surface area contributed by atoms with Crippen molar-refractivity contribution in [3.8, 4) is 0 Å². The van der Waals surface area contributed by atoms with Crippen LogP contribution in [-0.4, -0.2) is 57.8 Å². The summed E-state index contributed by atoms with van der Waals surface area (Å²) in [4.78, 5) is 8.16. The van der Waals surface area contributed by atoms with Gasteiger partial charge in [-0.2, -0.15) is 0 Å². The fourth-order valence-electron chi connectivity index (χ4n) is 1.89. The maximum Gasteiger partial charge on any atom is 0.191 e. The molecule has 0 amide bonds. The van der Waals surface area contributed by atoms with E-state index in [1.165, 1.54) is 4.88 Å². The largest absolute Gasteiger partial charge is 0.385 e. The van der Waals surface area contributed by atoms with E-state index < -0.39 is 0 Å².